The summed E-state index contributed by atoms with van der Waals surface area (Å²) in [5, 5.41) is 4.54. The van der Waals surface area contributed by atoms with Crippen molar-refractivity contribution < 1.29 is 0 Å². The van der Waals surface area contributed by atoms with Crippen molar-refractivity contribution in [2.45, 2.75) is 63.7 Å². The number of benzene rings is 1. The molecule has 3 atom stereocenters. The Bertz CT molecular complexity index is 404. The van der Waals surface area contributed by atoms with E-state index in [0.717, 1.165) is 11.8 Å². The summed E-state index contributed by atoms with van der Waals surface area (Å²) in [6.45, 7) is 8.05. The van der Waals surface area contributed by atoms with Crippen molar-refractivity contribution in [3.8, 4) is 0 Å². The van der Waals surface area contributed by atoms with Crippen LogP contribution in [0.4, 0.5) is 0 Å². The molecule has 0 heterocycles. The van der Waals surface area contributed by atoms with E-state index < -0.39 is 0 Å². The molecule has 0 aromatic heterocycles. The third-order valence-corrected chi connectivity index (χ3v) is 5.68. The number of nitrogens with one attached hydrogen (secondary N) is 1. The van der Waals surface area contributed by atoms with Gasteiger partial charge >= 0.3 is 0 Å². The van der Waals surface area contributed by atoms with E-state index in [1.807, 2.05) is 0 Å². The number of hydrogen-bond acceptors (Lipinski definition) is 2. The maximum Gasteiger partial charge on any atom is 0.0443 e. The molecule has 0 amide bonds. The van der Waals surface area contributed by atoms with Crippen LogP contribution < -0.4 is 5.32 Å². The molecule has 0 saturated heterocycles. The Hall–Kier alpha value is -0.470. The molecule has 2 rings (SSSR count). The molecule has 0 fully saturated rings. The fourth-order valence-corrected chi connectivity index (χ4v) is 4.76. The first kappa shape index (κ1) is 15.9. The summed E-state index contributed by atoms with van der Waals surface area (Å²) in [6.07, 6.45) is 5.17. The molecule has 0 spiro atoms. The monoisotopic (exact) mass is 291 g/mol. The van der Waals surface area contributed by atoms with Crippen LogP contribution in [-0.4, -0.2) is 17.5 Å². The minimum atomic E-state index is 0.546. The van der Waals surface area contributed by atoms with Crippen molar-refractivity contribution in [1.82, 2.24) is 5.32 Å². The Balaban J connectivity index is 2.15. The number of hydrogen-bond donors (Lipinski definition) is 1. The number of rotatable bonds is 7. The molecule has 1 aliphatic rings. The molecule has 1 aromatic rings. The van der Waals surface area contributed by atoms with E-state index in [1.165, 1.54) is 31.4 Å². The van der Waals surface area contributed by atoms with Crippen LogP contribution in [0.5, 0.6) is 0 Å². The van der Waals surface area contributed by atoms with Gasteiger partial charge in [-0.25, -0.2) is 0 Å². The lowest BCUT2D eigenvalue weighted by molar-refractivity contribution is 0.444. The predicted molar refractivity (Wildman–Crippen MR) is 91.7 cm³/mol. The highest BCUT2D eigenvalue weighted by Gasteiger charge is 2.32. The second-order valence-corrected chi connectivity index (χ2v) is 7.31. The van der Waals surface area contributed by atoms with E-state index in [4.69, 9.17) is 0 Å². The molecule has 0 bridgehead atoms. The quantitative estimate of drug-likeness (QED) is 0.698. The average Bonchev–Trinajstić information content (AvgIpc) is 2.47. The van der Waals surface area contributed by atoms with E-state index >= 15 is 0 Å². The van der Waals surface area contributed by atoms with Crippen LogP contribution in [0.1, 0.15) is 69.5 Å². The fourth-order valence-electron chi connectivity index (χ4n) is 3.14. The van der Waals surface area contributed by atoms with Crippen LogP contribution in [0.15, 0.2) is 24.3 Å². The lowest BCUT2D eigenvalue weighted by atomic mass is 9.80. The summed E-state index contributed by atoms with van der Waals surface area (Å²) in [4.78, 5) is 0. The fraction of sp³-hybridized carbons (Fsp3) is 0.667. The third kappa shape index (κ3) is 3.79. The molecule has 0 aliphatic heterocycles. The van der Waals surface area contributed by atoms with Crippen molar-refractivity contribution in [1.29, 1.82) is 0 Å². The standard InChI is InChI=1S/C18H29NS/c1-4-6-12-20-17-13-14(3)15-9-7-8-10-16(15)18(17)19-11-5-2/h7-10,14,17-19H,4-6,11-13H2,1-3H3. The Morgan fingerprint density at radius 2 is 1.90 bits per heavy atom. The van der Waals surface area contributed by atoms with Crippen LogP contribution in [0, 0.1) is 0 Å². The maximum atomic E-state index is 3.80. The summed E-state index contributed by atoms with van der Waals surface area (Å²) in [5.74, 6) is 2.00. The van der Waals surface area contributed by atoms with E-state index in [0.29, 0.717) is 12.0 Å². The van der Waals surface area contributed by atoms with Crippen molar-refractivity contribution in [2.75, 3.05) is 12.3 Å². The van der Waals surface area contributed by atoms with Gasteiger partial charge < -0.3 is 5.32 Å². The molecule has 3 unspecified atom stereocenters. The Morgan fingerprint density at radius 1 is 1.15 bits per heavy atom. The predicted octanol–water partition coefficient (Wildman–Crippen LogP) is 5.14. The molecule has 112 valence electrons. The number of unbranched alkanes of at least 4 members (excludes halogenated alkanes) is 1. The summed E-state index contributed by atoms with van der Waals surface area (Å²) in [5.41, 5.74) is 3.11. The molecule has 1 nitrogen and oxygen atoms in total. The highest BCUT2D eigenvalue weighted by atomic mass is 32.2. The summed E-state index contributed by atoms with van der Waals surface area (Å²) in [6, 6.07) is 9.60. The molecule has 1 N–H and O–H groups in total. The van der Waals surface area contributed by atoms with Gasteiger partial charge in [-0.05, 0) is 48.6 Å². The van der Waals surface area contributed by atoms with Crippen LogP contribution in [-0.2, 0) is 0 Å². The van der Waals surface area contributed by atoms with Crippen molar-refractivity contribution >= 4 is 11.8 Å². The van der Waals surface area contributed by atoms with Gasteiger partial charge in [0.2, 0.25) is 0 Å². The summed E-state index contributed by atoms with van der Waals surface area (Å²) >= 11 is 2.19. The first-order chi connectivity index (χ1) is 9.77. The third-order valence-electron chi connectivity index (χ3n) is 4.26. The van der Waals surface area contributed by atoms with E-state index in [9.17, 15) is 0 Å². The van der Waals surface area contributed by atoms with Gasteiger partial charge in [0.25, 0.3) is 0 Å². The van der Waals surface area contributed by atoms with Gasteiger partial charge in [-0.2, -0.15) is 11.8 Å². The molecule has 1 aromatic carbocycles. The first-order valence-electron chi connectivity index (χ1n) is 8.21. The minimum Gasteiger partial charge on any atom is -0.309 e. The molecule has 20 heavy (non-hydrogen) atoms. The van der Waals surface area contributed by atoms with Gasteiger partial charge in [0.15, 0.2) is 0 Å². The van der Waals surface area contributed by atoms with Gasteiger partial charge in [-0.3, -0.25) is 0 Å². The second kappa shape index (κ2) is 8.09. The number of fused-ring (bicyclic) bond motifs is 1. The minimum absolute atomic E-state index is 0.546. The molecule has 0 radical (unpaired) electrons. The van der Waals surface area contributed by atoms with Gasteiger partial charge in [0.1, 0.15) is 0 Å². The Kier molecular flexibility index (Phi) is 6.44. The van der Waals surface area contributed by atoms with Gasteiger partial charge in [-0.15, -0.1) is 0 Å². The first-order valence-corrected chi connectivity index (χ1v) is 9.26. The number of thioether (sulfide) groups is 1. The van der Waals surface area contributed by atoms with Crippen LogP contribution in [0.3, 0.4) is 0 Å². The topological polar surface area (TPSA) is 12.0 Å². The average molecular weight is 292 g/mol. The smallest absolute Gasteiger partial charge is 0.0443 e. The highest BCUT2D eigenvalue weighted by molar-refractivity contribution is 7.99. The lowest BCUT2D eigenvalue weighted by Crippen LogP contribution is -2.36. The Labute approximate surface area is 128 Å². The zero-order valence-corrected chi connectivity index (χ0v) is 14.0. The van der Waals surface area contributed by atoms with Crippen molar-refractivity contribution in [3.05, 3.63) is 35.4 Å². The highest BCUT2D eigenvalue weighted by Crippen LogP contribution is 2.42. The largest absolute Gasteiger partial charge is 0.309 e. The van der Waals surface area contributed by atoms with Gasteiger partial charge in [0, 0.05) is 11.3 Å². The molecule has 2 heteroatoms. The Morgan fingerprint density at radius 3 is 2.60 bits per heavy atom. The van der Waals surface area contributed by atoms with Crippen LogP contribution >= 0.6 is 11.8 Å². The molecular formula is C18H29NS. The van der Waals surface area contributed by atoms with E-state index in [1.54, 1.807) is 11.1 Å². The van der Waals surface area contributed by atoms with Gasteiger partial charge in [0.05, 0.1) is 0 Å². The normalized spacial score (nSPS) is 25.4. The molecule has 1 aliphatic carbocycles. The molecule has 0 saturated carbocycles. The summed E-state index contributed by atoms with van der Waals surface area (Å²) in [7, 11) is 0. The zero-order chi connectivity index (χ0) is 14.4. The van der Waals surface area contributed by atoms with Gasteiger partial charge in [-0.1, -0.05) is 51.5 Å². The maximum absolute atomic E-state index is 3.80. The summed E-state index contributed by atoms with van der Waals surface area (Å²) < 4.78 is 0. The van der Waals surface area contributed by atoms with Crippen molar-refractivity contribution in [2.24, 2.45) is 0 Å². The molecular weight excluding hydrogens is 262 g/mol. The SMILES string of the molecule is CCCCSC1CC(C)c2ccccc2C1NCCC. The van der Waals surface area contributed by atoms with Crippen LogP contribution in [0.25, 0.3) is 0 Å². The van der Waals surface area contributed by atoms with E-state index in [-0.39, 0.29) is 0 Å². The van der Waals surface area contributed by atoms with Crippen LogP contribution in [0.2, 0.25) is 0 Å². The van der Waals surface area contributed by atoms with E-state index in [2.05, 4.69) is 62.1 Å². The second-order valence-electron chi connectivity index (χ2n) is 5.96. The lowest BCUT2D eigenvalue weighted by Gasteiger charge is -2.37. The van der Waals surface area contributed by atoms with Crippen molar-refractivity contribution in [3.63, 3.8) is 0 Å². The zero-order valence-electron chi connectivity index (χ0n) is 13.2.